The number of halogens is 1. The van der Waals surface area contributed by atoms with E-state index in [0.717, 1.165) is 5.69 Å². The third kappa shape index (κ3) is 4.03. The Morgan fingerprint density at radius 1 is 1.03 bits per heavy atom. The molecule has 1 aliphatic rings. The Balaban J connectivity index is 1.76. The van der Waals surface area contributed by atoms with Crippen molar-refractivity contribution in [1.82, 2.24) is 9.97 Å². The summed E-state index contributed by atoms with van der Waals surface area (Å²) in [4.78, 5) is 21.9. The van der Waals surface area contributed by atoms with Crippen LogP contribution in [0.15, 0.2) is 48.5 Å². The highest BCUT2D eigenvalue weighted by Gasteiger charge is 2.28. The lowest BCUT2D eigenvalue weighted by Gasteiger charge is -2.23. The number of ketones is 1. The topological polar surface area (TPSA) is 76.1 Å². The van der Waals surface area contributed by atoms with E-state index in [1.807, 2.05) is 31.2 Å². The number of aromatic nitrogens is 2. The summed E-state index contributed by atoms with van der Waals surface area (Å²) in [6.45, 7) is 2.03. The van der Waals surface area contributed by atoms with Crippen molar-refractivity contribution in [2.45, 2.75) is 19.8 Å². The maximum Gasteiger partial charge on any atom is 0.229 e. The average Bonchev–Trinajstić information content (AvgIpc) is 2.69. The Morgan fingerprint density at radius 2 is 1.79 bits per heavy atom. The lowest BCUT2D eigenvalue weighted by atomic mass is 9.87. The van der Waals surface area contributed by atoms with Gasteiger partial charge in [0, 0.05) is 12.1 Å². The molecule has 0 radical (unpaired) electrons. The van der Waals surface area contributed by atoms with Crippen molar-refractivity contribution in [3.8, 4) is 5.75 Å². The van der Waals surface area contributed by atoms with E-state index in [1.54, 1.807) is 19.2 Å². The third-order valence-corrected chi connectivity index (χ3v) is 4.80. The molecule has 1 unspecified atom stereocenters. The minimum Gasteiger partial charge on any atom is -0.495 e. The molecule has 0 bridgehead atoms. The molecule has 6 nitrogen and oxygen atoms in total. The second kappa shape index (κ2) is 7.87. The highest BCUT2D eigenvalue weighted by Crippen LogP contribution is 2.33. The molecule has 1 atom stereocenters. The maximum absolute atomic E-state index is 13.3. The van der Waals surface area contributed by atoms with Gasteiger partial charge in [-0.2, -0.15) is 4.98 Å². The first-order valence-corrected chi connectivity index (χ1v) is 9.40. The molecule has 1 aliphatic carbocycles. The van der Waals surface area contributed by atoms with Gasteiger partial charge in [0.25, 0.3) is 0 Å². The van der Waals surface area contributed by atoms with Gasteiger partial charge in [0.15, 0.2) is 5.78 Å². The van der Waals surface area contributed by atoms with E-state index in [2.05, 4.69) is 20.6 Å². The molecule has 0 aliphatic heterocycles. The minimum absolute atomic E-state index is 0.00667. The van der Waals surface area contributed by atoms with Crippen LogP contribution in [0.2, 0.25) is 0 Å². The number of methoxy groups -OCH3 is 1. The Kier molecular flexibility index (Phi) is 5.12. The molecule has 0 saturated carbocycles. The van der Waals surface area contributed by atoms with Gasteiger partial charge in [0.2, 0.25) is 5.95 Å². The minimum atomic E-state index is -0.330. The molecule has 0 saturated heterocycles. The van der Waals surface area contributed by atoms with Gasteiger partial charge in [0.05, 0.1) is 24.1 Å². The zero-order valence-electron chi connectivity index (χ0n) is 16.2. The third-order valence-electron chi connectivity index (χ3n) is 4.80. The van der Waals surface area contributed by atoms with E-state index in [0.29, 0.717) is 47.3 Å². The lowest BCUT2D eigenvalue weighted by Crippen LogP contribution is -2.22. The Morgan fingerprint density at radius 3 is 2.55 bits per heavy atom. The number of nitrogens with one attached hydrogen (secondary N) is 2. The summed E-state index contributed by atoms with van der Waals surface area (Å²) < 4.78 is 18.6. The smallest absolute Gasteiger partial charge is 0.229 e. The summed E-state index contributed by atoms with van der Waals surface area (Å²) >= 11 is 0. The van der Waals surface area contributed by atoms with Gasteiger partial charge in [-0.05, 0) is 48.7 Å². The Labute approximate surface area is 168 Å². The average molecular weight is 392 g/mol. The first-order valence-electron chi connectivity index (χ1n) is 9.40. The van der Waals surface area contributed by atoms with Gasteiger partial charge >= 0.3 is 0 Å². The molecule has 2 N–H and O–H groups in total. The van der Waals surface area contributed by atoms with Crippen LogP contribution in [0.4, 0.5) is 27.5 Å². The molecule has 7 heteroatoms. The highest BCUT2D eigenvalue weighted by molar-refractivity contribution is 6.03. The van der Waals surface area contributed by atoms with Crippen LogP contribution in [0.5, 0.6) is 5.75 Å². The first-order chi connectivity index (χ1) is 14.0. The summed E-state index contributed by atoms with van der Waals surface area (Å²) in [6, 6.07) is 13.4. The number of hydrogen-bond acceptors (Lipinski definition) is 6. The van der Waals surface area contributed by atoms with Crippen molar-refractivity contribution >= 4 is 28.9 Å². The second-order valence-corrected chi connectivity index (χ2v) is 7.11. The quantitative estimate of drug-likeness (QED) is 0.645. The van der Waals surface area contributed by atoms with Crippen LogP contribution in [0, 0.1) is 11.7 Å². The molecular formula is C22H21FN4O2. The number of Topliss-reactive ketones (excluding diaryl/α,β-unsaturated/α-hetero) is 1. The number of anilines is 4. The number of nitrogens with zero attached hydrogens (tertiary/aromatic N) is 2. The number of hydrogen-bond donors (Lipinski definition) is 2. The van der Waals surface area contributed by atoms with Gasteiger partial charge in [-0.1, -0.05) is 19.1 Å². The molecule has 0 amide bonds. The summed E-state index contributed by atoms with van der Waals surface area (Å²) in [5, 5.41) is 6.33. The van der Waals surface area contributed by atoms with Crippen molar-refractivity contribution in [1.29, 1.82) is 0 Å². The summed E-state index contributed by atoms with van der Waals surface area (Å²) in [5.74, 6) is 1.32. The fourth-order valence-corrected chi connectivity index (χ4v) is 3.45. The molecule has 148 valence electrons. The van der Waals surface area contributed by atoms with E-state index in [1.165, 1.54) is 12.1 Å². The number of ether oxygens (including phenoxy) is 1. The monoisotopic (exact) mass is 392 g/mol. The fraction of sp³-hybridized carbons (Fsp3) is 0.227. The Hall–Kier alpha value is -3.48. The Bertz CT molecular complexity index is 1050. The number of rotatable bonds is 5. The molecule has 2 aromatic carbocycles. The molecular weight excluding hydrogens is 371 g/mol. The number of fused-ring (bicyclic) bond motifs is 1. The van der Waals surface area contributed by atoms with Crippen molar-refractivity contribution in [3.63, 3.8) is 0 Å². The number of para-hydroxylation sites is 2. The number of carbonyl (C=O) groups is 1. The van der Waals surface area contributed by atoms with Crippen molar-refractivity contribution in [3.05, 3.63) is 65.6 Å². The van der Waals surface area contributed by atoms with Gasteiger partial charge < -0.3 is 15.4 Å². The molecule has 0 spiro atoms. The highest BCUT2D eigenvalue weighted by atomic mass is 19.1. The van der Waals surface area contributed by atoms with Crippen LogP contribution >= 0.6 is 0 Å². The predicted molar refractivity (Wildman–Crippen MR) is 110 cm³/mol. The van der Waals surface area contributed by atoms with Gasteiger partial charge in [-0.15, -0.1) is 0 Å². The molecule has 1 aromatic heterocycles. The summed E-state index contributed by atoms with van der Waals surface area (Å²) in [5.41, 5.74) is 2.56. The van der Waals surface area contributed by atoms with Gasteiger partial charge in [-0.3, -0.25) is 4.79 Å². The van der Waals surface area contributed by atoms with E-state index >= 15 is 0 Å². The molecule has 3 aromatic rings. The van der Waals surface area contributed by atoms with Crippen LogP contribution in [0.3, 0.4) is 0 Å². The fourth-order valence-electron chi connectivity index (χ4n) is 3.45. The predicted octanol–water partition coefficient (Wildman–Crippen LogP) is 4.88. The molecule has 1 heterocycles. The summed E-state index contributed by atoms with van der Waals surface area (Å²) in [6.07, 6.45) is 1.13. The van der Waals surface area contributed by atoms with E-state index in [9.17, 15) is 9.18 Å². The molecule has 4 rings (SSSR count). The summed E-state index contributed by atoms with van der Waals surface area (Å²) in [7, 11) is 1.59. The zero-order chi connectivity index (χ0) is 20.4. The number of carbonyl (C=O) groups excluding carboxylic acids is 1. The SMILES string of the molecule is COc1ccccc1Nc1nc2c(c(Nc3ccc(F)cc3)n1)C(=O)CC(C)C2. The van der Waals surface area contributed by atoms with Crippen LogP contribution in [0.1, 0.15) is 29.4 Å². The van der Waals surface area contributed by atoms with Crippen molar-refractivity contribution in [2.24, 2.45) is 5.92 Å². The molecule has 0 fully saturated rings. The van der Waals surface area contributed by atoms with Gasteiger partial charge in [0.1, 0.15) is 17.4 Å². The largest absolute Gasteiger partial charge is 0.495 e. The first kappa shape index (κ1) is 18.9. The van der Waals surface area contributed by atoms with Gasteiger partial charge in [-0.25, -0.2) is 9.37 Å². The van der Waals surface area contributed by atoms with Crippen molar-refractivity contribution in [2.75, 3.05) is 17.7 Å². The van der Waals surface area contributed by atoms with Crippen LogP contribution in [0.25, 0.3) is 0 Å². The standard InChI is InChI=1S/C22H21FN4O2/c1-13-11-17-20(18(28)12-13)21(24-15-9-7-14(23)8-10-15)27-22(26-17)25-16-5-3-4-6-19(16)29-2/h3-10,13H,11-12H2,1-2H3,(H2,24,25,26,27). The van der Waals surface area contributed by atoms with E-state index in [-0.39, 0.29) is 17.5 Å². The normalized spacial score (nSPS) is 15.6. The van der Waals surface area contributed by atoms with Crippen LogP contribution in [-0.4, -0.2) is 22.9 Å². The lowest BCUT2D eigenvalue weighted by molar-refractivity contribution is 0.0952. The zero-order valence-corrected chi connectivity index (χ0v) is 16.2. The van der Waals surface area contributed by atoms with Crippen LogP contribution < -0.4 is 15.4 Å². The van der Waals surface area contributed by atoms with Crippen molar-refractivity contribution < 1.29 is 13.9 Å². The van der Waals surface area contributed by atoms with E-state index < -0.39 is 0 Å². The van der Waals surface area contributed by atoms with E-state index in [4.69, 9.17) is 4.74 Å². The second-order valence-electron chi connectivity index (χ2n) is 7.11. The maximum atomic E-state index is 13.3. The number of benzene rings is 2. The van der Waals surface area contributed by atoms with Crippen LogP contribution in [-0.2, 0) is 6.42 Å². The molecule has 29 heavy (non-hydrogen) atoms.